The molecule has 1 amide bonds. The zero-order chi connectivity index (χ0) is 18.8. The lowest BCUT2D eigenvalue weighted by Crippen LogP contribution is -2.25. The first-order valence-electron chi connectivity index (χ1n) is 8.76. The van der Waals surface area contributed by atoms with Crippen molar-refractivity contribution in [2.24, 2.45) is 0 Å². The van der Waals surface area contributed by atoms with Gasteiger partial charge < -0.3 is 9.88 Å². The predicted octanol–water partition coefficient (Wildman–Crippen LogP) is 5.75. The first-order chi connectivity index (χ1) is 13.1. The number of carbonyl (C=O) groups excluding carboxylic acids is 1. The fourth-order valence-electron chi connectivity index (χ4n) is 3.16. The van der Waals surface area contributed by atoms with E-state index in [1.807, 2.05) is 48.5 Å². The number of nitrogens with one attached hydrogen (secondary N) is 1. The number of aromatic nitrogens is 1. The molecule has 1 N–H and O–H groups in total. The lowest BCUT2D eigenvalue weighted by molar-refractivity contribution is 0.0942. The van der Waals surface area contributed by atoms with Crippen LogP contribution < -0.4 is 5.32 Å². The van der Waals surface area contributed by atoms with E-state index >= 15 is 0 Å². The van der Waals surface area contributed by atoms with Gasteiger partial charge in [-0.25, -0.2) is 0 Å². The Bertz CT molecular complexity index is 1080. The molecule has 0 saturated heterocycles. The largest absolute Gasteiger partial charge is 0.347 e. The summed E-state index contributed by atoms with van der Waals surface area (Å²) in [5.41, 5.74) is 4.08. The van der Waals surface area contributed by atoms with E-state index in [1.54, 1.807) is 11.3 Å². The van der Waals surface area contributed by atoms with E-state index in [4.69, 9.17) is 0 Å². The number of nitrogens with zero attached hydrogens (tertiary/aromatic N) is 1. The van der Waals surface area contributed by atoms with Crippen LogP contribution in [0.25, 0.3) is 10.2 Å². The molecular weight excluding hydrogens is 420 g/mol. The number of halogens is 1. The van der Waals surface area contributed by atoms with Crippen molar-refractivity contribution in [1.82, 2.24) is 9.88 Å². The summed E-state index contributed by atoms with van der Waals surface area (Å²) < 4.78 is 4.31. The molecule has 2 aromatic carbocycles. The van der Waals surface area contributed by atoms with Gasteiger partial charge in [0.1, 0.15) is 5.69 Å². The van der Waals surface area contributed by atoms with Crippen LogP contribution in [0.2, 0.25) is 0 Å². The van der Waals surface area contributed by atoms with E-state index in [0.717, 1.165) is 25.8 Å². The number of hydrogen-bond donors (Lipinski definition) is 1. The Morgan fingerprint density at radius 1 is 1.04 bits per heavy atom. The van der Waals surface area contributed by atoms with Gasteiger partial charge in [-0.15, -0.1) is 11.3 Å². The molecule has 0 saturated carbocycles. The molecular formula is C22H19BrN2OS. The minimum atomic E-state index is -0.0444. The number of fused-ring (bicyclic) bond motifs is 1. The van der Waals surface area contributed by atoms with Crippen molar-refractivity contribution < 1.29 is 4.79 Å². The topological polar surface area (TPSA) is 34.0 Å². The van der Waals surface area contributed by atoms with Gasteiger partial charge in [-0.1, -0.05) is 58.4 Å². The summed E-state index contributed by atoms with van der Waals surface area (Å²) in [6.45, 7) is 3.29. The highest BCUT2D eigenvalue weighted by Gasteiger charge is 2.17. The molecule has 0 aliphatic rings. The van der Waals surface area contributed by atoms with Gasteiger partial charge in [-0.2, -0.15) is 0 Å². The number of benzene rings is 2. The normalized spacial score (nSPS) is 11.0. The monoisotopic (exact) mass is 438 g/mol. The lowest BCUT2D eigenvalue weighted by atomic mass is 10.2. The molecule has 0 radical (unpaired) electrons. The van der Waals surface area contributed by atoms with Gasteiger partial charge in [0.15, 0.2) is 0 Å². The summed E-state index contributed by atoms with van der Waals surface area (Å²) in [5, 5.41) is 3.05. The summed E-state index contributed by atoms with van der Waals surface area (Å²) in [6, 6.07) is 22.4. The van der Waals surface area contributed by atoms with Crippen LogP contribution in [0.3, 0.4) is 0 Å². The highest BCUT2D eigenvalue weighted by atomic mass is 79.9. The molecule has 4 aromatic rings. The van der Waals surface area contributed by atoms with Crippen LogP contribution in [-0.2, 0) is 13.1 Å². The second-order valence-corrected chi connectivity index (χ2v) is 8.72. The second kappa shape index (κ2) is 7.71. The predicted molar refractivity (Wildman–Crippen MR) is 115 cm³/mol. The van der Waals surface area contributed by atoms with Crippen LogP contribution in [0, 0.1) is 6.92 Å². The molecule has 0 bridgehead atoms. The van der Waals surface area contributed by atoms with Crippen molar-refractivity contribution in [2.75, 3.05) is 0 Å². The summed E-state index contributed by atoms with van der Waals surface area (Å²) in [5.74, 6) is -0.0444. The second-order valence-electron chi connectivity index (χ2n) is 6.52. The molecule has 0 fully saturated rings. The van der Waals surface area contributed by atoms with Gasteiger partial charge in [0.05, 0.1) is 10.2 Å². The van der Waals surface area contributed by atoms with E-state index < -0.39 is 0 Å². The van der Waals surface area contributed by atoms with E-state index in [-0.39, 0.29) is 5.91 Å². The van der Waals surface area contributed by atoms with Crippen LogP contribution in [0.4, 0.5) is 0 Å². The number of amides is 1. The summed E-state index contributed by atoms with van der Waals surface area (Å²) in [7, 11) is 0. The third kappa shape index (κ3) is 3.99. The third-order valence-electron chi connectivity index (χ3n) is 4.50. The van der Waals surface area contributed by atoms with Gasteiger partial charge in [0, 0.05) is 22.4 Å². The van der Waals surface area contributed by atoms with E-state index in [0.29, 0.717) is 18.8 Å². The van der Waals surface area contributed by atoms with Crippen molar-refractivity contribution in [3.05, 3.63) is 92.9 Å². The van der Waals surface area contributed by atoms with Gasteiger partial charge in [0.25, 0.3) is 5.91 Å². The van der Waals surface area contributed by atoms with Crippen LogP contribution in [0.1, 0.15) is 26.5 Å². The van der Waals surface area contributed by atoms with Crippen molar-refractivity contribution in [2.45, 2.75) is 20.0 Å². The van der Waals surface area contributed by atoms with Crippen LogP contribution in [0.15, 0.2) is 71.2 Å². The summed E-state index contributed by atoms with van der Waals surface area (Å²) in [6.07, 6.45) is 0. The number of carbonyl (C=O) groups is 1. The Morgan fingerprint density at radius 2 is 1.78 bits per heavy atom. The maximum atomic E-state index is 12.9. The smallest absolute Gasteiger partial charge is 0.268 e. The van der Waals surface area contributed by atoms with E-state index in [9.17, 15) is 4.79 Å². The van der Waals surface area contributed by atoms with Crippen LogP contribution >= 0.6 is 27.3 Å². The lowest BCUT2D eigenvalue weighted by Gasteiger charge is -2.11. The summed E-state index contributed by atoms with van der Waals surface area (Å²) >= 11 is 5.20. The molecule has 136 valence electrons. The standard InChI is InChI=1S/C22H19BrN2OS/c1-15-11-19-21(27-15)12-20(22(26)24-13-16-5-3-2-4-6-16)25(19)14-17-7-9-18(23)10-8-17/h2-12H,13-14H2,1H3,(H,24,26). The van der Waals surface area contributed by atoms with Gasteiger partial charge in [-0.05, 0) is 42.3 Å². The Morgan fingerprint density at radius 3 is 2.52 bits per heavy atom. The average Bonchev–Trinajstić information content (AvgIpc) is 3.19. The van der Waals surface area contributed by atoms with E-state index in [1.165, 1.54) is 4.88 Å². The Kier molecular flexibility index (Phi) is 5.14. The maximum Gasteiger partial charge on any atom is 0.268 e. The SMILES string of the molecule is Cc1cc2c(cc(C(=O)NCc3ccccc3)n2Cc2ccc(Br)cc2)s1. The van der Waals surface area contributed by atoms with Crippen molar-refractivity contribution >= 4 is 43.4 Å². The third-order valence-corrected chi connectivity index (χ3v) is 6.01. The molecule has 0 aliphatic heterocycles. The van der Waals surface area contributed by atoms with Crippen LogP contribution in [0.5, 0.6) is 0 Å². The Hall–Kier alpha value is -2.37. The number of thiophene rings is 1. The quantitative estimate of drug-likeness (QED) is 0.422. The molecule has 5 heteroatoms. The number of aryl methyl sites for hydroxylation is 1. The highest BCUT2D eigenvalue weighted by molar-refractivity contribution is 9.10. The van der Waals surface area contributed by atoms with Gasteiger partial charge in [-0.3, -0.25) is 4.79 Å². The molecule has 0 spiro atoms. The van der Waals surface area contributed by atoms with Crippen molar-refractivity contribution in [3.8, 4) is 0 Å². The van der Waals surface area contributed by atoms with Gasteiger partial charge in [0.2, 0.25) is 0 Å². The molecule has 0 atom stereocenters. The summed E-state index contributed by atoms with van der Waals surface area (Å²) in [4.78, 5) is 14.2. The number of hydrogen-bond acceptors (Lipinski definition) is 2. The van der Waals surface area contributed by atoms with Crippen LogP contribution in [-0.4, -0.2) is 10.5 Å². The zero-order valence-electron chi connectivity index (χ0n) is 14.9. The van der Waals surface area contributed by atoms with Crippen molar-refractivity contribution in [3.63, 3.8) is 0 Å². The minimum absolute atomic E-state index is 0.0444. The fraction of sp³-hybridized carbons (Fsp3) is 0.136. The first kappa shape index (κ1) is 18.0. The number of rotatable bonds is 5. The Balaban J connectivity index is 1.64. The molecule has 0 aliphatic carbocycles. The molecule has 2 heterocycles. The molecule has 0 unspecified atom stereocenters. The minimum Gasteiger partial charge on any atom is -0.347 e. The molecule has 27 heavy (non-hydrogen) atoms. The fourth-order valence-corrected chi connectivity index (χ4v) is 4.39. The average molecular weight is 439 g/mol. The van der Waals surface area contributed by atoms with Crippen molar-refractivity contribution in [1.29, 1.82) is 0 Å². The van der Waals surface area contributed by atoms with E-state index in [2.05, 4.69) is 50.9 Å². The van der Waals surface area contributed by atoms with Gasteiger partial charge >= 0.3 is 0 Å². The molecule has 3 nitrogen and oxygen atoms in total. The maximum absolute atomic E-state index is 12.9. The first-order valence-corrected chi connectivity index (χ1v) is 10.4. The molecule has 2 aromatic heterocycles. The highest BCUT2D eigenvalue weighted by Crippen LogP contribution is 2.29. The Labute approximate surface area is 170 Å². The zero-order valence-corrected chi connectivity index (χ0v) is 17.3. The molecule has 4 rings (SSSR count).